The van der Waals surface area contributed by atoms with Gasteiger partial charge in [-0.2, -0.15) is 0 Å². The van der Waals surface area contributed by atoms with Crippen LogP contribution in [0.3, 0.4) is 0 Å². The first kappa shape index (κ1) is 13.0. The molecule has 92 valence electrons. The second-order valence-electron chi connectivity index (χ2n) is 3.46. The smallest absolute Gasteiger partial charge is 0.293 e. The molecule has 0 bridgehead atoms. The molecule has 1 aromatic carbocycles. The molecule has 1 rings (SSSR count). The highest BCUT2D eigenvalue weighted by molar-refractivity contribution is 6.40. The summed E-state index contributed by atoms with van der Waals surface area (Å²) in [4.78, 5) is 23.8. The Bertz CT molecular complexity index is 442. The Morgan fingerprint density at radius 2 is 1.82 bits per heavy atom. The third kappa shape index (κ3) is 2.75. The van der Waals surface area contributed by atoms with Crippen molar-refractivity contribution in [3.8, 4) is 11.5 Å². The molecule has 1 amide bonds. The summed E-state index contributed by atoms with van der Waals surface area (Å²) < 4.78 is 10.2. The van der Waals surface area contributed by atoms with Crippen LogP contribution < -0.4 is 14.4 Å². The molecule has 0 saturated carbocycles. The summed E-state index contributed by atoms with van der Waals surface area (Å²) in [5.41, 5.74) is 0.522. The van der Waals surface area contributed by atoms with Gasteiger partial charge in [0.15, 0.2) is 0 Å². The van der Waals surface area contributed by atoms with Gasteiger partial charge in [-0.05, 0) is 12.1 Å². The third-order valence-electron chi connectivity index (χ3n) is 2.35. The van der Waals surface area contributed by atoms with E-state index in [1.165, 1.54) is 26.0 Å². The molecule has 0 atom stereocenters. The number of Topliss-reactive ketones (excluding diaryl/α,β-unsaturated/α-hetero) is 1. The van der Waals surface area contributed by atoms with Crippen LogP contribution in [0.5, 0.6) is 11.5 Å². The van der Waals surface area contributed by atoms with Gasteiger partial charge in [0.2, 0.25) is 5.78 Å². The maximum absolute atomic E-state index is 11.6. The molecule has 0 radical (unpaired) electrons. The van der Waals surface area contributed by atoms with Crippen LogP contribution >= 0.6 is 0 Å². The van der Waals surface area contributed by atoms with Crippen LogP contribution in [0.25, 0.3) is 0 Å². The maximum Gasteiger partial charge on any atom is 0.293 e. The summed E-state index contributed by atoms with van der Waals surface area (Å²) in [6, 6.07) is 5.01. The number of carbonyl (C=O) groups is 2. The number of anilines is 1. The largest absolute Gasteiger partial charge is 0.497 e. The minimum absolute atomic E-state index is 0.474. The van der Waals surface area contributed by atoms with Crippen LogP contribution in [-0.2, 0) is 9.59 Å². The number of methoxy groups -OCH3 is 2. The van der Waals surface area contributed by atoms with E-state index in [4.69, 9.17) is 9.47 Å². The second kappa shape index (κ2) is 5.34. The van der Waals surface area contributed by atoms with Crippen molar-refractivity contribution in [1.82, 2.24) is 0 Å². The zero-order chi connectivity index (χ0) is 13.0. The highest BCUT2D eigenvalue weighted by Crippen LogP contribution is 2.31. The summed E-state index contributed by atoms with van der Waals surface area (Å²) in [5, 5.41) is 0. The fourth-order valence-electron chi connectivity index (χ4n) is 1.41. The van der Waals surface area contributed by atoms with Crippen LogP contribution in [0.2, 0.25) is 0 Å². The Hall–Kier alpha value is -2.04. The zero-order valence-corrected chi connectivity index (χ0v) is 10.3. The molecule has 0 aliphatic rings. The molecule has 5 nitrogen and oxygen atoms in total. The van der Waals surface area contributed by atoms with Crippen molar-refractivity contribution in [2.24, 2.45) is 0 Å². The zero-order valence-electron chi connectivity index (χ0n) is 10.3. The van der Waals surface area contributed by atoms with Crippen molar-refractivity contribution in [2.75, 3.05) is 26.2 Å². The Labute approximate surface area is 99.9 Å². The lowest BCUT2D eigenvalue weighted by Gasteiger charge is -2.19. The molecule has 0 aromatic heterocycles. The molecule has 0 unspecified atom stereocenters. The van der Waals surface area contributed by atoms with E-state index in [-0.39, 0.29) is 0 Å². The van der Waals surface area contributed by atoms with E-state index in [1.54, 1.807) is 25.3 Å². The first-order valence-electron chi connectivity index (χ1n) is 5.02. The summed E-state index contributed by atoms with van der Waals surface area (Å²) in [5.74, 6) is -0.0189. The lowest BCUT2D eigenvalue weighted by Crippen LogP contribution is -2.31. The number of ether oxygens (including phenoxy) is 2. The van der Waals surface area contributed by atoms with E-state index in [0.717, 1.165) is 0 Å². The standard InChI is InChI=1S/C12H15NO4/c1-8(14)12(15)13(2)10-6-5-9(16-3)7-11(10)17-4/h5-7H,1-4H3. The summed E-state index contributed by atoms with van der Waals surface area (Å²) >= 11 is 0. The van der Waals surface area contributed by atoms with Crippen molar-refractivity contribution in [3.63, 3.8) is 0 Å². The monoisotopic (exact) mass is 237 g/mol. The third-order valence-corrected chi connectivity index (χ3v) is 2.35. The first-order valence-corrected chi connectivity index (χ1v) is 5.02. The molecule has 0 N–H and O–H groups in total. The van der Waals surface area contributed by atoms with Crippen molar-refractivity contribution >= 4 is 17.4 Å². The number of carbonyl (C=O) groups excluding carboxylic acids is 2. The average molecular weight is 237 g/mol. The minimum Gasteiger partial charge on any atom is -0.497 e. The molecule has 5 heteroatoms. The SMILES string of the molecule is COc1ccc(N(C)C(=O)C(C)=O)c(OC)c1. The molecule has 0 heterocycles. The summed E-state index contributed by atoms with van der Waals surface area (Å²) in [6.07, 6.45) is 0. The molecule has 1 aromatic rings. The lowest BCUT2D eigenvalue weighted by atomic mass is 10.2. The highest BCUT2D eigenvalue weighted by atomic mass is 16.5. The number of amides is 1. The normalized spacial score (nSPS) is 9.65. The molecule has 17 heavy (non-hydrogen) atoms. The Morgan fingerprint density at radius 3 is 2.29 bits per heavy atom. The van der Waals surface area contributed by atoms with Crippen molar-refractivity contribution in [2.45, 2.75) is 6.92 Å². The number of hydrogen-bond donors (Lipinski definition) is 0. The molecule has 0 aliphatic heterocycles. The van der Waals surface area contributed by atoms with Crippen molar-refractivity contribution in [1.29, 1.82) is 0 Å². The van der Waals surface area contributed by atoms with Gasteiger partial charge in [0.25, 0.3) is 5.91 Å². The number of ketones is 1. The van der Waals surface area contributed by atoms with Gasteiger partial charge in [0, 0.05) is 20.0 Å². The topological polar surface area (TPSA) is 55.8 Å². The molecular weight excluding hydrogens is 222 g/mol. The number of rotatable bonds is 4. The fraction of sp³-hybridized carbons (Fsp3) is 0.333. The van der Waals surface area contributed by atoms with Crippen molar-refractivity contribution in [3.05, 3.63) is 18.2 Å². The van der Waals surface area contributed by atoms with Gasteiger partial charge in [-0.3, -0.25) is 9.59 Å². The fourth-order valence-corrected chi connectivity index (χ4v) is 1.41. The average Bonchev–Trinajstić information content (AvgIpc) is 2.35. The van der Waals surface area contributed by atoms with Gasteiger partial charge in [-0.1, -0.05) is 0 Å². The van der Waals surface area contributed by atoms with Crippen molar-refractivity contribution < 1.29 is 19.1 Å². The van der Waals surface area contributed by atoms with Crippen LogP contribution in [-0.4, -0.2) is 33.0 Å². The highest BCUT2D eigenvalue weighted by Gasteiger charge is 2.19. The number of benzene rings is 1. The number of likely N-dealkylation sites (N-methyl/N-ethyl adjacent to an activating group) is 1. The van der Waals surface area contributed by atoms with Gasteiger partial charge in [-0.25, -0.2) is 0 Å². The van der Waals surface area contributed by atoms with Gasteiger partial charge in [0.05, 0.1) is 19.9 Å². The summed E-state index contributed by atoms with van der Waals surface area (Å²) in [6.45, 7) is 1.23. The van der Waals surface area contributed by atoms with E-state index in [9.17, 15) is 9.59 Å². The van der Waals surface area contributed by atoms with Gasteiger partial charge in [-0.15, -0.1) is 0 Å². The number of nitrogens with zero attached hydrogens (tertiary/aromatic N) is 1. The van der Waals surface area contributed by atoms with Crippen LogP contribution in [0, 0.1) is 0 Å². The van der Waals surface area contributed by atoms with E-state index < -0.39 is 11.7 Å². The minimum atomic E-state index is -0.589. The lowest BCUT2D eigenvalue weighted by molar-refractivity contribution is -0.134. The van der Waals surface area contributed by atoms with E-state index in [0.29, 0.717) is 17.2 Å². The molecular formula is C12H15NO4. The molecule has 0 fully saturated rings. The second-order valence-corrected chi connectivity index (χ2v) is 3.46. The van der Waals surface area contributed by atoms with Gasteiger partial charge >= 0.3 is 0 Å². The molecule has 0 saturated heterocycles. The molecule has 0 spiro atoms. The van der Waals surface area contributed by atoms with E-state index >= 15 is 0 Å². The van der Waals surface area contributed by atoms with Gasteiger partial charge in [0.1, 0.15) is 11.5 Å². The van der Waals surface area contributed by atoms with Crippen LogP contribution in [0.15, 0.2) is 18.2 Å². The molecule has 0 aliphatic carbocycles. The summed E-state index contributed by atoms with van der Waals surface area (Å²) in [7, 11) is 4.55. The first-order chi connectivity index (χ1) is 8.01. The Morgan fingerprint density at radius 1 is 1.18 bits per heavy atom. The van der Waals surface area contributed by atoms with E-state index in [1.807, 2.05) is 0 Å². The van der Waals surface area contributed by atoms with E-state index in [2.05, 4.69) is 0 Å². The van der Waals surface area contributed by atoms with Crippen LogP contribution in [0.4, 0.5) is 5.69 Å². The Balaban J connectivity index is 3.13. The predicted octanol–water partition coefficient (Wildman–Crippen LogP) is 1.26. The number of hydrogen-bond acceptors (Lipinski definition) is 4. The Kier molecular flexibility index (Phi) is 4.09. The predicted molar refractivity (Wildman–Crippen MR) is 63.6 cm³/mol. The van der Waals surface area contributed by atoms with Gasteiger partial charge < -0.3 is 14.4 Å². The van der Waals surface area contributed by atoms with Crippen LogP contribution in [0.1, 0.15) is 6.92 Å². The maximum atomic E-state index is 11.6. The quantitative estimate of drug-likeness (QED) is 0.740.